The summed E-state index contributed by atoms with van der Waals surface area (Å²) in [6, 6.07) is 9.95. The van der Waals surface area contributed by atoms with Gasteiger partial charge in [-0.3, -0.25) is 0 Å². The minimum absolute atomic E-state index is 0.285. The van der Waals surface area contributed by atoms with E-state index in [4.69, 9.17) is 0 Å². The van der Waals surface area contributed by atoms with Crippen molar-refractivity contribution in [2.45, 2.75) is 33.1 Å². The van der Waals surface area contributed by atoms with Crippen LogP contribution in [0, 0.1) is 0 Å². The van der Waals surface area contributed by atoms with Gasteiger partial charge in [-0.15, -0.1) is 0 Å². The summed E-state index contributed by atoms with van der Waals surface area (Å²) in [5, 5.41) is 6.67. The van der Waals surface area contributed by atoms with E-state index < -0.39 is 0 Å². The number of halogens is 1. The van der Waals surface area contributed by atoms with Gasteiger partial charge >= 0.3 is 0 Å². The number of aromatic nitrogens is 2. The first-order valence-corrected chi connectivity index (χ1v) is 8.04. The van der Waals surface area contributed by atoms with Crippen LogP contribution in [0.3, 0.4) is 0 Å². The van der Waals surface area contributed by atoms with E-state index in [-0.39, 0.29) is 5.92 Å². The summed E-state index contributed by atoms with van der Waals surface area (Å²) in [4.78, 5) is 9.15. The van der Waals surface area contributed by atoms with Crippen LogP contribution in [0.5, 0.6) is 0 Å². The molecule has 0 aliphatic rings. The monoisotopic (exact) mass is 348 g/mol. The van der Waals surface area contributed by atoms with Gasteiger partial charge in [-0.05, 0) is 34.5 Å². The minimum atomic E-state index is 0.285. The van der Waals surface area contributed by atoms with Gasteiger partial charge in [-0.2, -0.15) is 0 Å². The Balaban J connectivity index is 2.29. The third-order valence-electron chi connectivity index (χ3n) is 2.95. The zero-order valence-corrected chi connectivity index (χ0v) is 14.2. The van der Waals surface area contributed by atoms with Gasteiger partial charge in [-0.25, -0.2) is 9.97 Å². The van der Waals surface area contributed by atoms with Gasteiger partial charge in [0, 0.05) is 23.0 Å². The molecule has 1 aromatic carbocycles. The first-order chi connectivity index (χ1) is 10.1. The topological polar surface area (TPSA) is 49.8 Å². The van der Waals surface area contributed by atoms with Crippen LogP contribution in [-0.2, 0) is 0 Å². The predicted molar refractivity (Wildman–Crippen MR) is 92.3 cm³/mol. The molecule has 0 unspecified atom stereocenters. The Morgan fingerprint density at radius 3 is 2.52 bits per heavy atom. The maximum Gasteiger partial charge on any atom is 0.136 e. The molecule has 1 aromatic heterocycles. The van der Waals surface area contributed by atoms with Gasteiger partial charge < -0.3 is 10.6 Å². The highest BCUT2D eigenvalue weighted by molar-refractivity contribution is 9.10. The highest BCUT2D eigenvalue weighted by Crippen LogP contribution is 2.26. The van der Waals surface area contributed by atoms with Gasteiger partial charge in [0.2, 0.25) is 0 Å². The van der Waals surface area contributed by atoms with Crippen LogP contribution < -0.4 is 10.6 Å². The van der Waals surface area contributed by atoms with E-state index in [1.54, 1.807) is 0 Å². The van der Waals surface area contributed by atoms with Crippen molar-refractivity contribution >= 4 is 33.3 Å². The fraction of sp³-hybridized carbons (Fsp3) is 0.375. The summed E-state index contributed by atoms with van der Waals surface area (Å²) in [5.74, 6) is 2.79. The molecule has 0 fully saturated rings. The summed E-state index contributed by atoms with van der Waals surface area (Å²) >= 11 is 3.54. The van der Waals surface area contributed by atoms with E-state index in [0.29, 0.717) is 0 Å². The van der Waals surface area contributed by atoms with Gasteiger partial charge in [0.25, 0.3) is 0 Å². The van der Waals surface area contributed by atoms with Crippen LogP contribution in [0.25, 0.3) is 0 Å². The highest BCUT2D eigenvalue weighted by Gasteiger charge is 2.09. The molecule has 2 rings (SSSR count). The second-order valence-corrected chi connectivity index (χ2v) is 6.04. The van der Waals surface area contributed by atoms with Crippen molar-refractivity contribution < 1.29 is 0 Å². The molecule has 2 aromatic rings. The van der Waals surface area contributed by atoms with Crippen molar-refractivity contribution in [2.75, 3.05) is 17.2 Å². The molecule has 0 saturated heterocycles. The molecule has 0 aliphatic heterocycles. The normalized spacial score (nSPS) is 10.7. The molecule has 0 radical (unpaired) electrons. The third kappa shape index (κ3) is 4.43. The molecule has 0 amide bonds. The Kier molecular flexibility index (Phi) is 5.56. The molecule has 0 bridgehead atoms. The molecule has 4 nitrogen and oxygen atoms in total. The molecule has 0 spiro atoms. The van der Waals surface area contributed by atoms with E-state index in [1.165, 1.54) is 0 Å². The number of nitrogens with one attached hydrogen (secondary N) is 2. The summed E-state index contributed by atoms with van der Waals surface area (Å²) in [5.41, 5.74) is 0.993. The van der Waals surface area contributed by atoms with Crippen molar-refractivity contribution in [1.82, 2.24) is 9.97 Å². The standard InChI is InChI=1S/C16H21BrN4/c1-4-9-18-14-10-15(21-16(20-14)11(2)3)19-13-8-6-5-7-12(13)17/h5-8,10-11H,4,9H2,1-3H3,(H2,18,19,20,21). The van der Waals surface area contributed by atoms with Gasteiger partial charge in [-0.1, -0.05) is 32.9 Å². The lowest BCUT2D eigenvalue weighted by Gasteiger charge is -2.13. The van der Waals surface area contributed by atoms with Crippen LogP contribution in [0.4, 0.5) is 17.3 Å². The molecule has 0 saturated carbocycles. The second-order valence-electron chi connectivity index (χ2n) is 5.18. The summed E-state index contributed by atoms with van der Waals surface area (Å²) in [6.07, 6.45) is 1.06. The maximum absolute atomic E-state index is 4.59. The SMILES string of the molecule is CCCNc1cc(Nc2ccccc2Br)nc(C(C)C)n1. The van der Waals surface area contributed by atoms with E-state index in [0.717, 1.165) is 40.6 Å². The van der Waals surface area contributed by atoms with Crippen molar-refractivity contribution in [2.24, 2.45) is 0 Å². The quantitative estimate of drug-likeness (QED) is 0.777. The second kappa shape index (κ2) is 7.41. The lowest BCUT2D eigenvalue weighted by Crippen LogP contribution is -2.08. The number of hydrogen-bond acceptors (Lipinski definition) is 4. The Hall–Kier alpha value is -1.62. The van der Waals surface area contributed by atoms with Crippen LogP contribution in [-0.4, -0.2) is 16.5 Å². The first kappa shape index (κ1) is 15.8. The minimum Gasteiger partial charge on any atom is -0.370 e. The summed E-state index contributed by atoms with van der Waals surface area (Å²) in [6.45, 7) is 7.24. The number of hydrogen-bond donors (Lipinski definition) is 2. The fourth-order valence-corrected chi connectivity index (χ4v) is 2.22. The largest absolute Gasteiger partial charge is 0.370 e. The van der Waals surface area contributed by atoms with Gasteiger partial charge in [0.1, 0.15) is 17.5 Å². The Bertz CT molecular complexity index is 599. The van der Waals surface area contributed by atoms with Crippen LogP contribution >= 0.6 is 15.9 Å². The molecule has 0 atom stereocenters. The van der Waals surface area contributed by atoms with E-state index in [1.807, 2.05) is 30.3 Å². The predicted octanol–water partition coefficient (Wildman–Crippen LogP) is 4.93. The van der Waals surface area contributed by atoms with Gasteiger partial charge in [0.15, 0.2) is 0 Å². The summed E-state index contributed by atoms with van der Waals surface area (Å²) < 4.78 is 1.01. The van der Waals surface area contributed by atoms with Crippen molar-refractivity contribution in [3.05, 3.63) is 40.6 Å². The molecule has 2 N–H and O–H groups in total. The van der Waals surface area contributed by atoms with E-state index in [2.05, 4.69) is 57.3 Å². The number of rotatable bonds is 6. The van der Waals surface area contributed by atoms with Gasteiger partial charge in [0.05, 0.1) is 5.69 Å². The summed E-state index contributed by atoms with van der Waals surface area (Å²) in [7, 11) is 0. The number of nitrogens with zero attached hydrogens (tertiary/aromatic N) is 2. The smallest absolute Gasteiger partial charge is 0.136 e. The highest BCUT2D eigenvalue weighted by atomic mass is 79.9. The molecule has 21 heavy (non-hydrogen) atoms. The van der Waals surface area contributed by atoms with E-state index in [9.17, 15) is 0 Å². The zero-order valence-electron chi connectivity index (χ0n) is 12.7. The number of anilines is 3. The van der Waals surface area contributed by atoms with Crippen LogP contribution in [0.2, 0.25) is 0 Å². The van der Waals surface area contributed by atoms with E-state index >= 15 is 0 Å². The van der Waals surface area contributed by atoms with Crippen LogP contribution in [0.15, 0.2) is 34.8 Å². The van der Waals surface area contributed by atoms with Crippen molar-refractivity contribution in [1.29, 1.82) is 0 Å². The van der Waals surface area contributed by atoms with Crippen molar-refractivity contribution in [3.63, 3.8) is 0 Å². The Morgan fingerprint density at radius 1 is 1.14 bits per heavy atom. The molecular weight excluding hydrogens is 328 g/mol. The average Bonchev–Trinajstić information content (AvgIpc) is 2.47. The maximum atomic E-state index is 4.59. The van der Waals surface area contributed by atoms with Crippen molar-refractivity contribution in [3.8, 4) is 0 Å². The fourth-order valence-electron chi connectivity index (χ4n) is 1.83. The lowest BCUT2D eigenvalue weighted by atomic mass is 10.2. The van der Waals surface area contributed by atoms with Crippen LogP contribution in [0.1, 0.15) is 38.9 Å². The number of benzene rings is 1. The molecule has 1 heterocycles. The Morgan fingerprint density at radius 2 is 1.86 bits per heavy atom. The molecular formula is C16H21BrN4. The first-order valence-electron chi connectivity index (χ1n) is 7.24. The molecule has 112 valence electrons. The Labute approximate surface area is 134 Å². The molecule has 5 heteroatoms. The number of para-hydroxylation sites is 1. The zero-order chi connectivity index (χ0) is 15.2. The average molecular weight is 349 g/mol. The third-order valence-corrected chi connectivity index (χ3v) is 3.64. The lowest BCUT2D eigenvalue weighted by molar-refractivity contribution is 0.775. The molecule has 0 aliphatic carbocycles.